The number of aliphatic imine (C=N–C) groups is 2. The quantitative estimate of drug-likeness (QED) is 0.384. The molecule has 0 unspecified atom stereocenters. The van der Waals surface area contributed by atoms with Gasteiger partial charge in [0, 0.05) is 41.3 Å². The highest BCUT2D eigenvalue weighted by Gasteiger charge is 2.09. The number of rotatable bonds is 7. The van der Waals surface area contributed by atoms with Gasteiger partial charge in [-0.1, -0.05) is 30.3 Å². The summed E-state index contributed by atoms with van der Waals surface area (Å²) in [6.07, 6.45) is 10.4. The van der Waals surface area contributed by atoms with Gasteiger partial charge in [-0.15, -0.1) is 0 Å². The van der Waals surface area contributed by atoms with Crippen LogP contribution in [0.5, 0.6) is 0 Å². The summed E-state index contributed by atoms with van der Waals surface area (Å²) < 4.78 is 4.25. The maximum atomic E-state index is 4.87. The lowest BCUT2D eigenvalue weighted by Crippen LogP contribution is -2.30. The van der Waals surface area contributed by atoms with E-state index in [0.717, 1.165) is 47.0 Å². The van der Waals surface area contributed by atoms with Gasteiger partial charge < -0.3 is 0 Å². The Morgan fingerprint density at radius 1 is 0.700 bits per heavy atom. The van der Waals surface area contributed by atoms with Crippen LogP contribution in [0.4, 0.5) is 11.4 Å². The third kappa shape index (κ3) is 5.80. The Balaban J connectivity index is 1.99. The number of hydrogen-bond acceptors (Lipinski definition) is 2. The van der Waals surface area contributed by atoms with Crippen LogP contribution in [-0.4, -0.2) is 11.4 Å². The van der Waals surface area contributed by atoms with Crippen molar-refractivity contribution in [3.8, 4) is 0 Å². The predicted octanol–water partition coefficient (Wildman–Crippen LogP) is 5.27. The van der Waals surface area contributed by atoms with Crippen molar-refractivity contribution in [1.29, 1.82) is 0 Å². The van der Waals surface area contributed by atoms with Gasteiger partial charge in [-0.25, -0.2) is 9.13 Å². The van der Waals surface area contributed by atoms with Gasteiger partial charge in [0.2, 0.25) is 0 Å². The van der Waals surface area contributed by atoms with Crippen LogP contribution in [0.3, 0.4) is 0 Å². The topological polar surface area (TPSA) is 32.5 Å². The van der Waals surface area contributed by atoms with E-state index in [0.29, 0.717) is 0 Å². The second-order valence-corrected chi connectivity index (χ2v) is 7.14. The summed E-state index contributed by atoms with van der Waals surface area (Å²) in [7, 11) is 0. The first-order valence-corrected chi connectivity index (χ1v) is 10.4. The first-order chi connectivity index (χ1) is 14.6. The average molecular weight is 399 g/mol. The molecule has 0 saturated carbocycles. The molecule has 0 fully saturated rings. The lowest BCUT2D eigenvalue weighted by atomic mass is 10.0. The molecule has 1 aromatic carbocycles. The van der Waals surface area contributed by atoms with Crippen molar-refractivity contribution >= 4 is 28.9 Å². The van der Waals surface area contributed by atoms with E-state index in [1.165, 1.54) is 0 Å². The maximum absolute atomic E-state index is 4.87. The number of aromatic nitrogens is 2. The molecule has 30 heavy (non-hydrogen) atoms. The Hall–Kier alpha value is -3.40. The second kappa shape index (κ2) is 10.4. The van der Waals surface area contributed by atoms with Gasteiger partial charge in [-0.3, -0.25) is 9.98 Å². The van der Waals surface area contributed by atoms with E-state index in [1.54, 1.807) is 0 Å². The zero-order chi connectivity index (χ0) is 21.3. The number of pyridine rings is 2. The highest BCUT2D eigenvalue weighted by Crippen LogP contribution is 2.18. The zero-order valence-electron chi connectivity index (χ0n) is 18.3. The standard InChI is InChI=1S/C26H30N4/c1-5-29-16-12-24(13-17-29)27-21(3)26(20-23-10-8-7-9-11-23)22(4)28-25-14-18-30(6-2)19-15-25/h7-20H,5-6H2,1-4H3/q+2. The fourth-order valence-electron chi connectivity index (χ4n) is 3.16. The fraction of sp³-hybridized carbons (Fsp3) is 0.231. The van der Waals surface area contributed by atoms with Gasteiger partial charge in [0.05, 0.1) is 11.4 Å². The SMILES string of the molecule is CC[n+]1ccc(N=C(C)C(=Cc2ccccc2)C(C)=Nc2cc[n+](CC)cc2)cc1. The van der Waals surface area contributed by atoms with Crippen molar-refractivity contribution < 1.29 is 9.13 Å². The molecule has 0 atom stereocenters. The van der Waals surface area contributed by atoms with Crippen molar-refractivity contribution in [3.05, 3.63) is 90.5 Å². The van der Waals surface area contributed by atoms with Crippen molar-refractivity contribution in [2.45, 2.75) is 40.8 Å². The summed E-state index contributed by atoms with van der Waals surface area (Å²) in [6, 6.07) is 18.5. The Kier molecular flexibility index (Phi) is 7.39. The summed E-state index contributed by atoms with van der Waals surface area (Å²) in [4.78, 5) is 9.74. The Labute approximate surface area is 179 Å². The molecule has 0 saturated heterocycles. The lowest BCUT2D eigenvalue weighted by molar-refractivity contribution is -0.693. The Bertz CT molecular complexity index is 979. The third-order valence-electron chi connectivity index (χ3n) is 4.96. The number of benzene rings is 1. The maximum Gasteiger partial charge on any atom is 0.170 e. The first kappa shape index (κ1) is 21.3. The molecule has 0 aliphatic heterocycles. The van der Waals surface area contributed by atoms with Crippen molar-refractivity contribution in [3.63, 3.8) is 0 Å². The number of aryl methyl sites for hydroxylation is 2. The molecule has 0 N–H and O–H groups in total. The summed E-state index contributed by atoms with van der Waals surface area (Å²) in [6.45, 7) is 10.2. The summed E-state index contributed by atoms with van der Waals surface area (Å²) in [5.74, 6) is 0. The van der Waals surface area contributed by atoms with Crippen LogP contribution in [0.25, 0.3) is 6.08 Å². The number of allylic oxidation sites excluding steroid dienone is 1. The Morgan fingerprint density at radius 2 is 1.13 bits per heavy atom. The molecule has 0 aliphatic rings. The van der Waals surface area contributed by atoms with Crippen LogP contribution < -0.4 is 9.13 Å². The van der Waals surface area contributed by atoms with Gasteiger partial charge in [0.1, 0.15) is 13.1 Å². The molecular weight excluding hydrogens is 368 g/mol. The fourth-order valence-corrected chi connectivity index (χ4v) is 3.16. The monoisotopic (exact) mass is 398 g/mol. The molecule has 152 valence electrons. The average Bonchev–Trinajstić information content (AvgIpc) is 2.79. The molecule has 0 spiro atoms. The van der Waals surface area contributed by atoms with Crippen LogP contribution in [0.1, 0.15) is 33.3 Å². The molecule has 4 nitrogen and oxygen atoms in total. The van der Waals surface area contributed by atoms with Crippen LogP contribution >= 0.6 is 0 Å². The number of nitrogens with zero attached hydrogens (tertiary/aromatic N) is 4. The Morgan fingerprint density at radius 3 is 1.53 bits per heavy atom. The second-order valence-electron chi connectivity index (χ2n) is 7.14. The largest absolute Gasteiger partial charge is 0.253 e. The van der Waals surface area contributed by atoms with E-state index in [2.05, 4.69) is 66.0 Å². The summed E-state index contributed by atoms with van der Waals surface area (Å²) in [5.41, 5.74) is 5.91. The lowest BCUT2D eigenvalue weighted by Gasteiger charge is -2.09. The van der Waals surface area contributed by atoms with E-state index in [1.807, 2.05) is 56.3 Å². The minimum Gasteiger partial charge on any atom is -0.253 e. The highest BCUT2D eigenvalue weighted by molar-refractivity contribution is 6.26. The van der Waals surface area contributed by atoms with Gasteiger partial charge in [0.25, 0.3) is 0 Å². The molecule has 0 aliphatic carbocycles. The smallest absolute Gasteiger partial charge is 0.170 e. The molecule has 0 amide bonds. The van der Waals surface area contributed by atoms with E-state index in [-0.39, 0.29) is 0 Å². The van der Waals surface area contributed by atoms with Crippen LogP contribution in [0.2, 0.25) is 0 Å². The van der Waals surface area contributed by atoms with Crippen LogP contribution in [0.15, 0.2) is 94.9 Å². The molecule has 2 heterocycles. The molecular formula is C26H30N4+2. The van der Waals surface area contributed by atoms with Gasteiger partial charge in [0.15, 0.2) is 24.8 Å². The zero-order valence-corrected chi connectivity index (χ0v) is 18.3. The summed E-state index contributed by atoms with van der Waals surface area (Å²) in [5, 5.41) is 0. The molecule has 0 radical (unpaired) electrons. The van der Waals surface area contributed by atoms with E-state index in [4.69, 9.17) is 9.98 Å². The first-order valence-electron chi connectivity index (χ1n) is 10.4. The highest BCUT2D eigenvalue weighted by atomic mass is 14.9. The van der Waals surface area contributed by atoms with E-state index in [9.17, 15) is 0 Å². The predicted molar refractivity (Wildman–Crippen MR) is 125 cm³/mol. The number of hydrogen-bond donors (Lipinski definition) is 0. The molecule has 3 rings (SSSR count). The van der Waals surface area contributed by atoms with Crippen molar-refractivity contribution in [2.24, 2.45) is 9.98 Å². The molecule has 2 aromatic heterocycles. The van der Waals surface area contributed by atoms with Crippen LogP contribution in [-0.2, 0) is 13.1 Å². The summed E-state index contributed by atoms with van der Waals surface area (Å²) >= 11 is 0. The van der Waals surface area contributed by atoms with Gasteiger partial charge >= 0.3 is 0 Å². The van der Waals surface area contributed by atoms with Crippen LogP contribution in [0, 0.1) is 0 Å². The third-order valence-corrected chi connectivity index (χ3v) is 4.96. The normalized spacial score (nSPS) is 12.0. The van der Waals surface area contributed by atoms with E-state index < -0.39 is 0 Å². The molecule has 4 heteroatoms. The molecule has 0 bridgehead atoms. The van der Waals surface area contributed by atoms with Crippen molar-refractivity contribution in [2.75, 3.05) is 0 Å². The molecule has 3 aromatic rings. The van der Waals surface area contributed by atoms with Gasteiger partial charge in [-0.2, -0.15) is 0 Å². The van der Waals surface area contributed by atoms with Gasteiger partial charge in [-0.05, 0) is 39.3 Å². The van der Waals surface area contributed by atoms with E-state index >= 15 is 0 Å². The minimum absolute atomic E-state index is 0.938. The minimum atomic E-state index is 0.938. The van der Waals surface area contributed by atoms with Crippen molar-refractivity contribution in [1.82, 2.24) is 0 Å².